The largest absolute Gasteiger partial charge is 0.379 e. The predicted molar refractivity (Wildman–Crippen MR) is 67.5 cm³/mol. The van der Waals surface area contributed by atoms with E-state index >= 15 is 0 Å². The third-order valence-corrected chi connectivity index (χ3v) is 2.55. The molecular weight excluding hydrogens is 216 g/mol. The van der Waals surface area contributed by atoms with Crippen molar-refractivity contribution in [3.63, 3.8) is 0 Å². The Morgan fingerprint density at radius 3 is 2.53 bits per heavy atom. The Labute approximate surface area is 104 Å². The third-order valence-electron chi connectivity index (χ3n) is 2.55. The molecule has 4 nitrogen and oxygen atoms in total. The summed E-state index contributed by atoms with van der Waals surface area (Å²) in [7, 11) is 0. The second-order valence-corrected chi connectivity index (χ2v) is 5.17. The molecule has 0 aromatic rings. The number of nitrogens with zero attached hydrogens (tertiary/aromatic N) is 1. The van der Waals surface area contributed by atoms with Crippen molar-refractivity contribution in [2.24, 2.45) is 5.41 Å². The first-order valence-electron chi connectivity index (χ1n) is 6.04. The van der Waals surface area contributed by atoms with E-state index in [9.17, 15) is 4.79 Å². The molecule has 0 atom stereocenters. The Balaban J connectivity index is 2.16. The van der Waals surface area contributed by atoms with Crippen LogP contribution in [0.5, 0.6) is 0 Å². The van der Waals surface area contributed by atoms with Crippen LogP contribution in [0.2, 0.25) is 0 Å². The average molecular weight is 238 g/mol. The Kier molecular flexibility index (Phi) is 5.46. The Morgan fingerprint density at radius 2 is 1.94 bits per heavy atom. The number of carbonyl (C=O) groups excluding carboxylic acids is 1. The highest BCUT2D eigenvalue weighted by atomic mass is 16.5. The van der Waals surface area contributed by atoms with E-state index in [1.54, 1.807) is 0 Å². The van der Waals surface area contributed by atoms with Crippen LogP contribution in [0.25, 0.3) is 0 Å². The lowest BCUT2D eigenvalue weighted by Gasteiger charge is -2.24. The van der Waals surface area contributed by atoms with Gasteiger partial charge in [0, 0.05) is 18.5 Å². The smallest absolute Gasteiger partial charge is 0.226 e. The van der Waals surface area contributed by atoms with Crippen LogP contribution < -0.4 is 5.32 Å². The number of carbonyl (C=O) groups is 1. The minimum Gasteiger partial charge on any atom is -0.379 e. The van der Waals surface area contributed by atoms with Gasteiger partial charge in [-0.15, -0.1) is 0 Å². The highest BCUT2D eigenvalue weighted by Crippen LogP contribution is 2.11. The molecule has 1 rings (SSSR count). The average Bonchev–Trinajstić information content (AvgIpc) is 2.28. The van der Waals surface area contributed by atoms with Crippen molar-refractivity contribution >= 4 is 5.91 Å². The number of hydrogen-bond donors (Lipinski definition) is 1. The maximum absolute atomic E-state index is 11.5. The highest BCUT2D eigenvalue weighted by molar-refractivity contribution is 5.81. The van der Waals surface area contributed by atoms with Crippen molar-refractivity contribution in [3.05, 3.63) is 0 Å². The van der Waals surface area contributed by atoms with Crippen LogP contribution in [-0.4, -0.2) is 50.2 Å². The Bertz CT molecular complexity index is 304. The summed E-state index contributed by atoms with van der Waals surface area (Å²) in [6.07, 6.45) is 0. The van der Waals surface area contributed by atoms with Gasteiger partial charge >= 0.3 is 0 Å². The molecule has 0 bridgehead atoms. The van der Waals surface area contributed by atoms with Crippen molar-refractivity contribution in [1.29, 1.82) is 0 Å². The van der Waals surface area contributed by atoms with Crippen LogP contribution in [0.1, 0.15) is 20.8 Å². The molecule has 0 saturated carbocycles. The number of amides is 1. The zero-order valence-corrected chi connectivity index (χ0v) is 11.0. The SMILES string of the molecule is CC(C)(C)C(=O)NCC#CCN1CCOCC1. The monoisotopic (exact) mass is 238 g/mol. The summed E-state index contributed by atoms with van der Waals surface area (Å²) in [5.41, 5.74) is -0.341. The molecule has 1 heterocycles. The van der Waals surface area contributed by atoms with E-state index < -0.39 is 0 Å². The summed E-state index contributed by atoms with van der Waals surface area (Å²) in [5, 5.41) is 2.80. The fourth-order valence-electron chi connectivity index (χ4n) is 1.38. The summed E-state index contributed by atoms with van der Waals surface area (Å²) in [6.45, 7) is 10.3. The second kappa shape index (κ2) is 6.63. The summed E-state index contributed by atoms with van der Waals surface area (Å²) in [5.74, 6) is 6.08. The first-order valence-corrected chi connectivity index (χ1v) is 6.04. The molecule has 1 fully saturated rings. The molecule has 1 aliphatic rings. The maximum atomic E-state index is 11.5. The zero-order chi connectivity index (χ0) is 12.7. The van der Waals surface area contributed by atoms with Crippen molar-refractivity contribution in [2.75, 3.05) is 39.4 Å². The molecule has 4 heteroatoms. The fraction of sp³-hybridized carbons (Fsp3) is 0.769. The maximum Gasteiger partial charge on any atom is 0.226 e. The number of morpholine rings is 1. The van der Waals surface area contributed by atoms with Crippen molar-refractivity contribution < 1.29 is 9.53 Å². The molecule has 0 unspecified atom stereocenters. The second-order valence-electron chi connectivity index (χ2n) is 5.17. The van der Waals surface area contributed by atoms with Gasteiger partial charge < -0.3 is 10.1 Å². The van der Waals surface area contributed by atoms with Gasteiger partial charge in [-0.2, -0.15) is 0 Å². The van der Waals surface area contributed by atoms with Crippen LogP contribution >= 0.6 is 0 Å². The highest BCUT2D eigenvalue weighted by Gasteiger charge is 2.19. The van der Waals surface area contributed by atoms with Gasteiger partial charge in [0.1, 0.15) is 0 Å². The lowest BCUT2D eigenvalue weighted by Crippen LogP contribution is -2.36. The molecule has 0 aromatic carbocycles. The molecule has 1 amide bonds. The van der Waals surface area contributed by atoms with E-state index in [4.69, 9.17) is 4.74 Å². The first kappa shape index (κ1) is 14.0. The Morgan fingerprint density at radius 1 is 1.29 bits per heavy atom. The molecule has 0 radical (unpaired) electrons. The molecule has 17 heavy (non-hydrogen) atoms. The lowest BCUT2D eigenvalue weighted by molar-refractivity contribution is -0.128. The summed E-state index contributed by atoms with van der Waals surface area (Å²) in [6, 6.07) is 0. The van der Waals surface area contributed by atoms with Crippen LogP contribution in [0.4, 0.5) is 0 Å². The van der Waals surface area contributed by atoms with Crippen LogP contribution in [-0.2, 0) is 9.53 Å². The van der Waals surface area contributed by atoms with Gasteiger partial charge in [0.05, 0.1) is 26.3 Å². The zero-order valence-electron chi connectivity index (χ0n) is 11.0. The summed E-state index contributed by atoms with van der Waals surface area (Å²) < 4.78 is 5.25. The summed E-state index contributed by atoms with van der Waals surface area (Å²) in [4.78, 5) is 13.8. The number of hydrogen-bond acceptors (Lipinski definition) is 3. The molecular formula is C13H22N2O2. The van der Waals surface area contributed by atoms with Crippen LogP contribution in [0, 0.1) is 17.3 Å². The predicted octanol–water partition coefficient (Wildman–Crippen LogP) is 0.484. The van der Waals surface area contributed by atoms with E-state index in [1.807, 2.05) is 20.8 Å². The molecule has 0 aromatic heterocycles. The van der Waals surface area contributed by atoms with E-state index in [1.165, 1.54) is 0 Å². The molecule has 1 aliphatic heterocycles. The topological polar surface area (TPSA) is 41.6 Å². The van der Waals surface area contributed by atoms with Gasteiger partial charge in [0.15, 0.2) is 0 Å². The third kappa shape index (κ3) is 5.71. The van der Waals surface area contributed by atoms with Crippen molar-refractivity contribution in [1.82, 2.24) is 10.2 Å². The van der Waals surface area contributed by atoms with Crippen molar-refractivity contribution in [3.8, 4) is 11.8 Å². The fourth-order valence-corrected chi connectivity index (χ4v) is 1.38. The number of nitrogens with one attached hydrogen (secondary N) is 1. The van der Waals surface area contributed by atoms with Gasteiger partial charge in [-0.1, -0.05) is 32.6 Å². The first-order chi connectivity index (χ1) is 8.00. The molecule has 0 aliphatic carbocycles. The van der Waals surface area contributed by atoms with Crippen molar-refractivity contribution in [2.45, 2.75) is 20.8 Å². The van der Waals surface area contributed by atoms with Gasteiger partial charge in [-0.3, -0.25) is 9.69 Å². The number of ether oxygens (including phenoxy) is 1. The normalized spacial score (nSPS) is 17.1. The van der Waals surface area contributed by atoms with Gasteiger partial charge in [0.25, 0.3) is 0 Å². The molecule has 1 N–H and O–H groups in total. The van der Waals surface area contributed by atoms with Gasteiger partial charge in [-0.25, -0.2) is 0 Å². The summed E-state index contributed by atoms with van der Waals surface area (Å²) >= 11 is 0. The van der Waals surface area contributed by atoms with Gasteiger partial charge in [0.2, 0.25) is 5.91 Å². The Hall–Kier alpha value is -1.05. The lowest BCUT2D eigenvalue weighted by atomic mass is 9.96. The van der Waals surface area contributed by atoms with E-state index in [2.05, 4.69) is 22.1 Å². The number of rotatable bonds is 2. The van der Waals surface area contributed by atoms with E-state index in [-0.39, 0.29) is 11.3 Å². The van der Waals surface area contributed by atoms with E-state index in [0.717, 1.165) is 32.8 Å². The molecule has 1 saturated heterocycles. The standard InChI is InChI=1S/C13H22N2O2/c1-13(2,3)12(16)14-6-4-5-7-15-8-10-17-11-9-15/h6-11H2,1-3H3,(H,14,16). The quantitative estimate of drug-likeness (QED) is 0.712. The minimum atomic E-state index is -0.341. The van der Waals surface area contributed by atoms with Crippen LogP contribution in [0.3, 0.4) is 0 Å². The molecule has 0 spiro atoms. The molecule has 96 valence electrons. The van der Waals surface area contributed by atoms with Crippen LogP contribution in [0.15, 0.2) is 0 Å². The van der Waals surface area contributed by atoms with E-state index in [0.29, 0.717) is 6.54 Å². The minimum absolute atomic E-state index is 0.0400. The van der Waals surface area contributed by atoms with Gasteiger partial charge in [-0.05, 0) is 0 Å².